The summed E-state index contributed by atoms with van der Waals surface area (Å²) in [6, 6.07) is 0. The van der Waals surface area contributed by atoms with Crippen molar-refractivity contribution >= 4 is 37.4 Å². The zero-order valence-corrected chi connectivity index (χ0v) is 15.7. The minimum atomic E-state index is -3.11. The number of sulfonamides is 1. The maximum Gasteiger partial charge on any atom is 0.211 e. The van der Waals surface area contributed by atoms with Crippen molar-refractivity contribution in [3.8, 4) is 0 Å². The molecule has 130 valence electrons. The van der Waals surface area contributed by atoms with Gasteiger partial charge in [-0.1, -0.05) is 6.92 Å². The van der Waals surface area contributed by atoms with E-state index in [1.807, 2.05) is 0 Å². The molecule has 6 nitrogen and oxygen atoms in total. The summed E-state index contributed by atoms with van der Waals surface area (Å²) in [6.07, 6.45) is 6.38. The highest BCUT2D eigenvalue weighted by Gasteiger charge is 2.28. The molecule has 0 radical (unpaired) electrons. The van der Waals surface area contributed by atoms with Crippen LogP contribution in [0.25, 0.3) is 10.2 Å². The molecule has 0 amide bonds. The van der Waals surface area contributed by atoms with Gasteiger partial charge < -0.3 is 4.90 Å². The third-order valence-electron chi connectivity index (χ3n) is 5.08. The van der Waals surface area contributed by atoms with Crippen molar-refractivity contribution in [3.05, 3.63) is 16.8 Å². The standard InChI is InChI=1S/C16H22N4O2S2/c1-11-3-4-12-13(9-11)23-16-14(12)15(17-10-18-16)19-5-7-20(8-6-19)24(2,21)22/h10-11H,3-9H2,1-2H3/t11-/m1/s1. The number of rotatable bonds is 2. The summed E-state index contributed by atoms with van der Waals surface area (Å²) in [5.74, 6) is 1.72. The van der Waals surface area contributed by atoms with E-state index in [2.05, 4.69) is 21.8 Å². The summed E-state index contributed by atoms with van der Waals surface area (Å²) in [6.45, 7) is 4.71. The number of piperazine rings is 1. The molecule has 24 heavy (non-hydrogen) atoms. The molecule has 0 saturated carbocycles. The van der Waals surface area contributed by atoms with Gasteiger partial charge in [0.25, 0.3) is 0 Å². The minimum Gasteiger partial charge on any atom is -0.353 e. The van der Waals surface area contributed by atoms with Crippen LogP contribution in [-0.2, 0) is 22.9 Å². The fraction of sp³-hybridized carbons (Fsp3) is 0.625. The van der Waals surface area contributed by atoms with Gasteiger partial charge in [0.2, 0.25) is 10.0 Å². The molecule has 0 N–H and O–H groups in total. The van der Waals surface area contributed by atoms with Crippen LogP contribution in [0.15, 0.2) is 6.33 Å². The highest BCUT2D eigenvalue weighted by molar-refractivity contribution is 7.88. The summed E-state index contributed by atoms with van der Waals surface area (Å²) in [4.78, 5) is 13.8. The largest absolute Gasteiger partial charge is 0.353 e. The molecule has 1 aliphatic heterocycles. The first-order valence-corrected chi connectivity index (χ1v) is 11.1. The Labute approximate surface area is 146 Å². The van der Waals surface area contributed by atoms with E-state index in [1.54, 1.807) is 22.0 Å². The van der Waals surface area contributed by atoms with Gasteiger partial charge in [0.1, 0.15) is 17.0 Å². The number of hydrogen-bond acceptors (Lipinski definition) is 6. The van der Waals surface area contributed by atoms with Gasteiger partial charge in [-0.05, 0) is 30.7 Å². The predicted octanol–water partition coefficient (Wildman–Crippen LogP) is 1.90. The fourth-order valence-electron chi connectivity index (χ4n) is 3.73. The zero-order chi connectivity index (χ0) is 16.9. The fourth-order valence-corrected chi connectivity index (χ4v) is 5.90. The maximum atomic E-state index is 11.7. The van der Waals surface area contributed by atoms with Crippen LogP contribution in [-0.4, -0.2) is 55.1 Å². The van der Waals surface area contributed by atoms with E-state index in [4.69, 9.17) is 0 Å². The van der Waals surface area contributed by atoms with Gasteiger partial charge in [0.05, 0.1) is 11.6 Å². The lowest BCUT2D eigenvalue weighted by molar-refractivity contribution is 0.387. The third kappa shape index (κ3) is 2.80. The smallest absolute Gasteiger partial charge is 0.211 e. The predicted molar refractivity (Wildman–Crippen MR) is 97.2 cm³/mol. The first-order chi connectivity index (χ1) is 11.4. The van der Waals surface area contributed by atoms with Gasteiger partial charge in [0, 0.05) is 31.1 Å². The number of aryl methyl sites for hydroxylation is 1. The van der Waals surface area contributed by atoms with E-state index >= 15 is 0 Å². The van der Waals surface area contributed by atoms with E-state index in [0.717, 1.165) is 29.4 Å². The van der Waals surface area contributed by atoms with Gasteiger partial charge in [-0.2, -0.15) is 4.31 Å². The lowest BCUT2D eigenvalue weighted by Gasteiger charge is -2.34. The maximum absolute atomic E-state index is 11.7. The van der Waals surface area contributed by atoms with Crippen molar-refractivity contribution in [1.29, 1.82) is 0 Å². The first-order valence-electron chi connectivity index (χ1n) is 8.39. The summed E-state index contributed by atoms with van der Waals surface area (Å²) in [5.41, 5.74) is 1.43. The van der Waals surface area contributed by atoms with Crippen LogP contribution in [0.2, 0.25) is 0 Å². The summed E-state index contributed by atoms with van der Waals surface area (Å²) >= 11 is 1.80. The molecule has 4 rings (SSSR count). The van der Waals surface area contributed by atoms with Crippen molar-refractivity contribution in [1.82, 2.24) is 14.3 Å². The van der Waals surface area contributed by atoms with E-state index in [0.29, 0.717) is 26.2 Å². The summed E-state index contributed by atoms with van der Waals surface area (Å²) in [5, 5.41) is 1.21. The molecule has 0 bridgehead atoms. The lowest BCUT2D eigenvalue weighted by atomic mass is 9.89. The van der Waals surface area contributed by atoms with Crippen molar-refractivity contribution < 1.29 is 8.42 Å². The van der Waals surface area contributed by atoms with Crippen molar-refractivity contribution in [3.63, 3.8) is 0 Å². The zero-order valence-electron chi connectivity index (χ0n) is 14.0. The van der Waals surface area contributed by atoms with Crippen molar-refractivity contribution in [2.45, 2.75) is 26.2 Å². The molecule has 1 aliphatic carbocycles. The Morgan fingerprint density at radius 2 is 1.96 bits per heavy atom. The molecule has 1 atom stereocenters. The second-order valence-corrected chi connectivity index (χ2v) is 9.94. The van der Waals surface area contributed by atoms with Crippen LogP contribution in [0.4, 0.5) is 5.82 Å². The van der Waals surface area contributed by atoms with Crippen LogP contribution in [0.3, 0.4) is 0 Å². The van der Waals surface area contributed by atoms with Gasteiger partial charge in [-0.15, -0.1) is 11.3 Å². The van der Waals surface area contributed by atoms with E-state index in [9.17, 15) is 8.42 Å². The minimum absolute atomic E-state index is 0.522. The lowest BCUT2D eigenvalue weighted by Crippen LogP contribution is -2.48. The van der Waals surface area contributed by atoms with Crippen molar-refractivity contribution in [2.75, 3.05) is 37.3 Å². The topological polar surface area (TPSA) is 66.4 Å². The molecular weight excluding hydrogens is 344 g/mol. The van der Waals surface area contributed by atoms with Crippen LogP contribution in [0.1, 0.15) is 23.8 Å². The van der Waals surface area contributed by atoms with E-state index in [-0.39, 0.29) is 0 Å². The van der Waals surface area contributed by atoms with Crippen LogP contribution in [0, 0.1) is 5.92 Å². The highest BCUT2D eigenvalue weighted by atomic mass is 32.2. The quantitative estimate of drug-likeness (QED) is 0.812. The monoisotopic (exact) mass is 366 g/mol. The number of anilines is 1. The second-order valence-electron chi connectivity index (χ2n) is 6.88. The average Bonchev–Trinajstić information content (AvgIpc) is 2.91. The first kappa shape index (κ1) is 16.2. The third-order valence-corrected chi connectivity index (χ3v) is 7.54. The van der Waals surface area contributed by atoms with E-state index in [1.165, 1.54) is 28.5 Å². The molecule has 0 spiro atoms. The molecular formula is C16H22N4O2S2. The average molecular weight is 367 g/mol. The van der Waals surface area contributed by atoms with Crippen LogP contribution >= 0.6 is 11.3 Å². The Morgan fingerprint density at radius 1 is 1.21 bits per heavy atom. The van der Waals surface area contributed by atoms with Crippen LogP contribution < -0.4 is 4.90 Å². The molecule has 2 aromatic heterocycles. The Hall–Kier alpha value is -1.25. The number of nitrogens with zero attached hydrogens (tertiary/aromatic N) is 4. The van der Waals surface area contributed by atoms with Gasteiger partial charge in [0.15, 0.2) is 0 Å². The number of thiophene rings is 1. The highest BCUT2D eigenvalue weighted by Crippen LogP contribution is 2.40. The molecule has 2 aromatic rings. The van der Waals surface area contributed by atoms with Gasteiger partial charge in [-0.3, -0.25) is 0 Å². The Bertz CT molecular complexity index is 870. The Morgan fingerprint density at radius 3 is 2.67 bits per heavy atom. The molecule has 1 saturated heterocycles. The number of fused-ring (bicyclic) bond motifs is 3. The molecule has 3 heterocycles. The Balaban J connectivity index is 1.68. The molecule has 8 heteroatoms. The summed E-state index contributed by atoms with van der Waals surface area (Å²) < 4.78 is 25.0. The molecule has 1 fully saturated rings. The molecule has 0 aromatic carbocycles. The second kappa shape index (κ2) is 5.93. The number of aromatic nitrogens is 2. The molecule has 2 aliphatic rings. The van der Waals surface area contributed by atoms with Gasteiger partial charge in [-0.25, -0.2) is 18.4 Å². The van der Waals surface area contributed by atoms with Crippen molar-refractivity contribution in [2.24, 2.45) is 5.92 Å². The summed E-state index contributed by atoms with van der Waals surface area (Å²) in [7, 11) is -3.11. The van der Waals surface area contributed by atoms with E-state index < -0.39 is 10.0 Å². The number of hydrogen-bond donors (Lipinski definition) is 0. The van der Waals surface area contributed by atoms with Crippen LogP contribution in [0.5, 0.6) is 0 Å². The van der Waals surface area contributed by atoms with Gasteiger partial charge >= 0.3 is 0 Å². The normalized spacial score (nSPS) is 22.8. The molecule has 0 unspecified atom stereocenters. The Kier molecular flexibility index (Phi) is 4.01. The SMILES string of the molecule is C[C@@H]1CCc2c(sc3ncnc(N4CCN(S(C)(=O)=O)CC4)c23)C1.